The molecule has 1 unspecified atom stereocenters. The molecule has 0 aliphatic heterocycles. The summed E-state index contributed by atoms with van der Waals surface area (Å²) in [5, 5.41) is 12.4. The van der Waals surface area contributed by atoms with Gasteiger partial charge in [-0.3, -0.25) is 0 Å². The number of hydrogen-bond donors (Lipinski definition) is 3. The van der Waals surface area contributed by atoms with Crippen molar-refractivity contribution in [3.63, 3.8) is 0 Å². The molecule has 0 saturated carbocycles. The highest BCUT2D eigenvalue weighted by Crippen LogP contribution is 2.15. The maximum Gasteiger partial charge on any atom is 0.0528 e. The van der Waals surface area contributed by atoms with Crippen LogP contribution < -0.4 is 11.1 Å². The second-order valence-corrected chi connectivity index (χ2v) is 4.24. The minimum Gasteiger partial charge on any atom is -0.393 e. The van der Waals surface area contributed by atoms with Gasteiger partial charge in [0.05, 0.1) is 6.10 Å². The molecule has 4 N–H and O–H groups in total. The molecule has 1 aromatic rings. The molecule has 3 heteroatoms. The lowest BCUT2D eigenvalue weighted by Gasteiger charge is -2.11. The Labute approximate surface area is 97.7 Å². The summed E-state index contributed by atoms with van der Waals surface area (Å²) >= 11 is 0. The van der Waals surface area contributed by atoms with E-state index in [-0.39, 0.29) is 6.10 Å². The zero-order valence-electron chi connectivity index (χ0n) is 10.2. The maximum absolute atomic E-state index is 9.15. The second kappa shape index (κ2) is 6.51. The number of anilines is 1. The number of aryl methyl sites for hydroxylation is 1. The van der Waals surface area contributed by atoms with E-state index in [0.717, 1.165) is 25.1 Å². The predicted molar refractivity (Wildman–Crippen MR) is 68.7 cm³/mol. The summed E-state index contributed by atoms with van der Waals surface area (Å²) in [4.78, 5) is 0. The number of benzene rings is 1. The molecular weight excluding hydrogens is 200 g/mol. The summed E-state index contributed by atoms with van der Waals surface area (Å²) in [7, 11) is 0. The Bertz CT molecular complexity index is 324. The summed E-state index contributed by atoms with van der Waals surface area (Å²) < 4.78 is 0. The van der Waals surface area contributed by atoms with Gasteiger partial charge in [-0.05, 0) is 56.5 Å². The van der Waals surface area contributed by atoms with Crippen LogP contribution in [0.2, 0.25) is 0 Å². The largest absolute Gasteiger partial charge is 0.393 e. The number of aliphatic hydroxyl groups excluding tert-OH is 1. The van der Waals surface area contributed by atoms with Gasteiger partial charge in [0.1, 0.15) is 0 Å². The number of aliphatic hydroxyl groups is 1. The molecule has 16 heavy (non-hydrogen) atoms. The van der Waals surface area contributed by atoms with E-state index >= 15 is 0 Å². The summed E-state index contributed by atoms with van der Waals surface area (Å²) in [6, 6.07) is 6.32. The molecule has 0 bridgehead atoms. The lowest BCUT2D eigenvalue weighted by molar-refractivity contribution is 0.189. The van der Waals surface area contributed by atoms with E-state index in [1.54, 1.807) is 6.92 Å². The standard InChI is InChI=1S/C13H22N2O/c1-10-9-13(15-8-6-11(2)16)4-3-12(10)5-7-14/h3-4,9,11,15-16H,5-8,14H2,1-2H3. The van der Waals surface area contributed by atoms with Crippen molar-refractivity contribution < 1.29 is 5.11 Å². The molecule has 0 fully saturated rings. The van der Waals surface area contributed by atoms with E-state index in [9.17, 15) is 0 Å². The lowest BCUT2D eigenvalue weighted by Crippen LogP contribution is -2.10. The fraction of sp³-hybridized carbons (Fsp3) is 0.538. The molecule has 0 radical (unpaired) electrons. The molecule has 90 valence electrons. The monoisotopic (exact) mass is 222 g/mol. The molecule has 0 spiro atoms. The third kappa shape index (κ3) is 4.21. The number of nitrogens with two attached hydrogens (primary N) is 1. The van der Waals surface area contributed by atoms with Gasteiger partial charge in [0.25, 0.3) is 0 Å². The van der Waals surface area contributed by atoms with Crippen LogP contribution in [-0.4, -0.2) is 24.3 Å². The third-order valence-electron chi connectivity index (χ3n) is 2.65. The van der Waals surface area contributed by atoms with Crippen LogP contribution in [0.15, 0.2) is 18.2 Å². The van der Waals surface area contributed by atoms with Crippen LogP contribution in [-0.2, 0) is 6.42 Å². The van der Waals surface area contributed by atoms with Crippen LogP contribution >= 0.6 is 0 Å². The highest BCUT2D eigenvalue weighted by Gasteiger charge is 2.00. The lowest BCUT2D eigenvalue weighted by atomic mass is 10.1. The van der Waals surface area contributed by atoms with Crippen molar-refractivity contribution in [2.75, 3.05) is 18.4 Å². The Morgan fingerprint density at radius 3 is 2.75 bits per heavy atom. The van der Waals surface area contributed by atoms with Gasteiger partial charge in [-0.25, -0.2) is 0 Å². The molecular formula is C13H22N2O. The smallest absolute Gasteiger partial charge is 0.0528 e. The average Bonchev–Trinajstić information content (AvgIpc) is 2.21. The highest BCUT2D eigenvalue weighted by atomic mass is 16.3. The van der Waals surface area contributed by atoms with Crippen molar-refractivity contribution in [1.82, 2.24) is 0 Å². The average molecular weight is 222 g/mol. The fourth-order valence-corrected chi connectivity index (χ4v) is 1.67. The zero-order valence-corrected chi connectivity index (χ0v) is 10.2. The van der Waals surface area contributed by atoms with Crippen molar-refractivity contribution >= 4 is 5.69 Å². The topological polar surface area (TPSA) is 58.3 Å². The normalized spacial score (nSPS) is 12.5. The molecule has 1 aromatic carbocycles. The summed E-state index contributed by atoms with van der Waals surface area (Å²) in [5.74, 6) is 0. The van der Waals surface area contributed by atoms with Gasteiger partial charge >= 0.3 is 0 Å². The van der Waals surface area contributed by atoms with Crippen LogP contribution in [0.4, 0.5) is 5.69 Å². The van der Waals surface area contributed by atoms with E-state index in [1.807, 2.05) is 0 Å². The fourth-order valence-electron chi connectivity index (χ4n) is 1.67. The number of hydrogen-bond acceptors (Lipinski definition) is 3. The molecule has 0 saturated heterocycles. The maximum atomic E-state index is 9.15. The van der Waals surface area contributed by atoms with E-state index in [1.165, 1.54) is 11.1 Å². The molecule has 0 aromatic heterocycles. The van der Waals surface area contributed by atoms with Crippen molar-refractivity contribution in [3.8, 4) is 0 Å². The van der Waals surface area contributed by atoms with Gasteiger partial charge < -0.3 is 16.2 Å². The number of rotatable bonds is 6. The SMILES string of the molecule is Cc1cc(NCCC(C)O)ccc1CCN. The Kier molecular flexibility index (Phi) is 5.29. The van der Waals surface area contributed by atoms with Gasteiger partial charge in [-0.2, -0.15) is 0 Å². The van der Waals surface area contributed by atoms with Crippen LogP contribution in [0.5, 0.6) is 0 Å². The molecule has 0 heterocycles. The summed E-state index contributed by atoms with van der Waals surface area (Å²) in [6.45, 7) is 5.39. The van der Waals surface area contributed by atoms with Crippen molar-refractivity contribution in [2.45, 2.75) is 32.8 Å². The zero-order chi connectivity index (χ0) is 12.0. The second-order valence-electron chi connectivity index (χ2n) is 4.24. The molecule has 0 aliphatic rings. The van der Waals surface area contributed by atoms with Crippen LogP contribution in [0.3, 0.4) is 0 Å². The van der Waals surface area contributed by atoms with Crippen LogP contribution in [0, 0.1) is 6.92 Å². The molecule has 0 aliphatic carbocycles. The molecule has 0 amide bonds. The Hall–Kier alpha value is -1.06. The minimum absolute atomic E-state index is 0.245. The first-order chi connectivity index (χ1) is 7.63. The number of nitrogens with one attached hydrogen (secondary N) is 1. The highest BCUT2D eigenvalue weighted by molar-refractivity contribution is 5.48. The van der Waals surface area contributed by atoms with Crippen LogP contribution in [0.25, 0.3) is 0 Å². The van der Waals surface area contributed by atoms with Crippen LogP contribution in [0.1, 0.15) is 24.5 Å². The Morgan fingerprint density at radius 2 is 2.19 bits per heavy atom. The molecule has 1 rings (SSSR count). The molecule has 1 atom stereocenters. The summed E-state index contributed by atoms with van der Waals surface area (Å²) in [6.07, 6.45) is 1.45. The quantitative estimate of drug-likeness (QED) is 0.686. The van der Waals surface area contributed by atoms with Crippen molar-refractivity contribution in [3.05, 3.63) is 29.3 Å². The van der Waals surface area contributed by atoms with Gasteiger partial charge in [0, 0.05) is 12.2 Å². The predicted octanol–water partition coefficient (Wildman–Crippen LogP) is 1.68. The third-order valence-corrected chi connectivity index (χ3v) is 2.65. The van der Waals surface area contributed by atoms with Gasteiger partial charge in [-0.15, -0.1) is 0 Å². The van der Waals surface area contributed by atoms with Crippen molar-refractivity contribution in [2.24, 2.45) is 5.73 Å². The van der Waals surface area contributed by atoms with E-state index in [0.29, 0.717) is 6.54 Å². The van der Waals surface area contributed by atoms with Gasteiger partial charge in [0.2, 0.25) is 0 Å². The first kappa shape index (κ1) is 13.0. The Morgan fingerprint density at radius 1 is 1.44 bits per heavy atom. The first-order valence-corrected chi connectivity index (χ1v) is 5.85. The van der Waals surface area contributed by atoms with E-state index in [2.05, 4.69) is 30.4 Å². The van der Waals surface area contributed by atoms with E-state index in [4.69, 9.17) is 10.8 Å². The van der Waals surface area contributed by atoms with Gasteiger partial charge in [-0.1, -0.05) is 6.07 Å². The van der Waals surface area contributed by atoms with E-state index < -0.39 is 0 Å². The first-order valence-electron chi connectivity index (χ1n) is 5.85. The van der Waals surface area contributed by atoms with Gasteiger partial charge in [0.15, 0.2) is 0 Å². The Balaban J connectivity index is 2.52. The van der Waals surface area contributed by atoms with Crippen molar-refractivity contribution in [1.29, 1.82) is 0 Å². The summed E-state index contributed by atoms with van der Waals surface area (Å²) in [5.41, 5.74) is 9.23. The minimum atomic E-state index is -0.245. The molecule has 3 nitrogen and oxygen atoms in total.